The van der Waals surface area contributed by atoms with E-state index in [1.54, 1.807) is 0 Å². The molecule has 1 aromatic rings. The number of halogens is 2. The van der Waals surface area contributed by atoms with Crippen molar-refractivity contribution in [1.82, 2.24) is 5.32 Å². The molecular formula is C14H20F2N2O2. The maximum atomic E-state index is 13.2. The fourth-order valence-electron chi connectivity index (χ4n) is 1.48. The van der Waals surface area contributed by atoms with Gasteiger partial charge in [0.25, 0.3) is 5.91 Å². The third-order valence-electron chi connectivity index (χ3n) is 2.71. The molecule has 1 amide bonds. The maximum absolute atomic E-state index is 13.2. The second kappa shape index (κ2) is 7.79. The van der Waals surface area contributed by atoms with Crippen LogP contribution in [0.25, 0.3) is 0 Å². The van der Waals surface area contributed by atoms with Crippen LogP contribution in [0, 0.1) is 17.6 Å². The van der Waals surface area contributed by atoms with Gasteiger partial charge in [-0.15, -0.1) is 0 Å². The van der Waals surface area contributed by atoms with Crippen molar-refractivity contribution in [3.05, 3.63) is 29.3 Å². The summed E-state index contributed by atoms with van der Waals surface area (Å²) >= 11 is 0. The quantitative estimate of drug-likeness (QED) is 0.597. The molecular weight excluding hydrogens is 266 g/mol. The minimum atomic E-state index is -0.941. The molecule has 0 fully saturated rings. The summed E-state index contributed by atoms with van der Waals surface area (Å²) in [7, 11) is 0. The smallest absolute Gasteiger partial charge is 0.251 e. The first-order chi connectivity index (χ1) is 9.41. The second-order valence-electron chi connectivity index (χ2n) is 4.90. The van der Waals surface area contributed by atoms with Crippen molar-refractivity contribution in [2.45, 2.75) is 20.3 Å². The molecule has 0 saturated carbocycles. The SMILES string of the molecule is CC(C)CCOCCNC(=O)c1cc(F)c(N)c(F)c1. The van der Waals surface area contributed by atoms with E-state index in [9.17, 15) is 13.6 Å². The first-order valence-corrected chi connectivity index (χ1v) is 6.52. The Morgan fingerprint density at radius 1 is 1.30 bits per heavy atom. The van der Waals surface area contributed by atoms with Crippen molar-refractivity contribution < 1.29 is 18.3 Å². The number of rotatable bonds is 7. The lowest BCUT2D eigenvalue weighted by molar-refractivity contribution is 0.0905. The number of hydrogen-bond acceptors (Lipinski definition) is 3. The predicted molar refractivity (Wildman–Crippen MR) is 73.4 cm³/mol. The van der Waals surface area contributed by atoms with Gasteiger partial charge in [0.2, 0.25) is 0 Å². The molecule has 0 saturated heterocycles. The number of benzene rings is 1. The fraction of sp³-hybridized carbons (Fsp3) is 0.500. The van der Waals surface area contributed by atoms with E-state index in [-0.39, 0.29) is 12.1 Å². The number of nitrogen functional groups attached to an aromatic ring is 1. The van der Waals surface area contributed by atoms with E-state index in [1.165, 1.54) is 0 Å². The first-order valence-electron chi connectivity index (χ1n) is 6.52. The zero-order valence-electron chi connectivity index (χ0n) is 11.7. The summed E-state index contributed by atoms with van der Waals surface area (Å²) in [6.07, 6.45) is 0.947. The average Bonchev–Trinajstić information content (AvgIpc) is 2.38. The monoisotopic (exact) mass is 286 g/mol. The topological polar surface area (TPSA) is 64.3 Å². The van der Waals surface area contributed by atoms with Crippen molar-refractivity contribution in [2.75, 3.05) is 25.5 Å². The van der Waals surface area contributed by atoms with Crippen molar-refractivity contribution in [3.8, 4) is 0 Å². The molecule has 112 valence electrons. The largest absolute Gasteiger partial charge is 0.394 e. The molecule has 3 N–H and O–H groups in total. The summed E-state index contributed by atoms with van der Waals surface area (Å²) in [6.45, 7) is 5.45. The number of hydrogen-bond donors (Lipinski definition) is 2. The van der Waals surface area contributed by atoms with Crippen LogP contribution in [-0.4, -0.2) is 25.7 Å². The standard InChI is InChI=1S/C14H20F2N2O2/c1-9(2)3-5-20-6-4-18-14(19)10-7-11(15)13(17)12(16)8-10/h7-9H,3-6,17H2,1-2H3,(H,18,19). The van der Waals surface area contributed by atoms with Gasteiger partial charge >= 0.3 is 0 Å². The lowest BCUT2D eigenvalue weighted by Gasteiger charge is -2.08. The molecule has 1 rings (SSSR count). The molecule has 1 aromatic carbocycles. The van der Waals surface area contributed by atoms with E-state index in [1.807, 2.05) is 0 Å². The van der Waals surface area contributed by atoms with E-state index >= 15 is 0 Å². The van der Waals surface area contributed by atoms with Crippen molar-refractivity contribution >= 4 is 11.6 Å². The predicted octanol–water partition coefficient (Wildman–Crippen LogP) is 2.34. The third-order valence-corrected chi connectivity index (χ3v) is 2.71. The van der Waals surface area contributed by atoms with Gasteiger partial charge in [0.1, 0.15) is 17.3 Å². The number of nitrogens with two attached hydrogens (primary N) is 1. The Balaban J connectivity index is 2.36. The van der Waals surface area contributed by atoms with Gasteiger partial charge in [0, 0.05) is 18.7 Å². The fourth-order valence-corrected chi connectivity index (χ4v) is 1.48. The number of carbonyl (C=O) groups is 1. The number of nitrogens with one attached hydrogen (secondary N) is 1. The minimum Gasteiger partial charge on any atom is -0.394 e. The Hall–Kier alpha value is -1.69. The maximum Gasteiger partial charge on any atom is 0.251 e. The highest BCUT2D eigenvalue weighted by molar-refractivity contribution is 5.94. The Labute approximate surface area is 117 Å². The van der Waals surface area contributed by atoms with Gasteiger partial charge in [-0.2, -0.15) is 0 Å². The molecule has 0 aliphatic heterocycles. The summed E-state index contributed by atoms with van der Waals surface area (Å²) in [5.74, 6) is -1.88. The summed E-state index contributed by atoms with van der Waals surface area (Å²) in [5.41, 5.74) is 4.44. The van der Waals surface area contributed by atoms with E-state index in [0.717, 1.165) is 18.6 Å². The number of anilines is 1. The molecule has 0 aromatic heterocycles. The Bertz CT molecular complexity index is 441. The van der Waals surface area contributed by atoms with Crippen LogP contribution in [0.15, 0.2) is 12.1 Å². The Morgan fingerprint density at radius 2 is 1.90 bits per heavy atom. The van der Waals surface area contributed by atoms with Crippen LogP contribution in [0.4, 0.5) is 14.5 Å². The van der Waals surface area contributed by atoms with Crippen LogP contribution in [0.5, 0.6) is 0 Å². The van der Waals surface area contributed by atoms with Crippen molar-refractivity contribution in [2.24, 2.45) is 5.92 Å². The zero-order valence-corrected chi connectivity index (χ0v) is 11.7. The molecule has 0 radical (unpaired) electrons. The lowest BCUT2D eigenvalue weighted by atomic mass is 10.1. The third kappa shape index (κ3) is 5.13. The van der Waals surface area contributed by atoms with Gasteiger partial charge in [-0.05, 0) is 24.5 Å². The van der Waals surface area contributed by atoms with E-state index in [2.05, 4.69) is 19.2 Å². The van der Waals surface area contributed by atoms with Crippen LogP contribution in [-0.2, 0) is 4.74 Å². The average molecular weight is 286 g/mol. The summed E-state index contributed by atoms with van der Waals surface area (Å²) < 4.78 is 31.7. The summed E-state index contributed by atoms with van der Waals surface area (Å²) in [4.78, 5) is 11.7. The van der Waals surface area contributed by atoms with Crippen LogP contribution in [0.1, 0.15) is 30.6 Å². The van der Waals surface area contributed by atoms with Crippen molar-refractivity contribution in [3.63, 3.8) is 0 Å². The zero-order chi connectivity index (χ0) is 15.1. The molecule has 0 bridgehead atoms. The molecule has 0 atom stereocenters. The number of amides is 1. The molecule has 0 unspecified atom stereocenters. The molecule has 0 aliphatic carbocycles. The van der Waals surface area contributed by atoms with Crippen LogP contribution in [0.2, 0.25) is 0 Å². The normalized spacial score (nSPS) is 10.8. The van der Waals surface area contributed by atoms with E-state index in [4.69, 9.17) is 10.5 Å². The van der Waals surface area contributed by atoms with Gasteiger partial charge in [-0.3, -0.25) is 4.79 Å². The molecule has 0 aliphatic rings. The van der Waals surface area contributed by atoms with Crippen LogP contribution < -0.4 is 11.1 Å². The molecule has 4 nitrogen and oxygen atoms in total. The molecule has 0 heterocycles. The second-order valence-corrected chi connectivity index (χ2v) is 4.90. The summed E-state index contributed by atoms with van der Waals surface area (Å²) in [5, 5.41) is 2.52. The van der Waals surface area contributed by atoms with Gasteiger partial charge in [0.15, 0.2) is 0 Å². The summed E-state index contributed by atoms with van der Waals surface area (Å²) in [6, 6.07) is 1.82. The van der Waals surface area contributed by atoms with Crippen molar-refractivity contribution in [1.29, 1.82) is 0 Å². The molecule has 6 heteroatoms. The Morgan fingerprint density at radius 3 is 2.45 bits per heavy atom. The van der Waals surface area contributed by atoms with Gasteiger partial charge in [0.05, 0.1) is 6.61 Å². The van der Waals surface area contributed by atoms with E-state index < -0.39 is 23.2 Å². The molecule has 0 spiro atoms. The van der Waals surface area contributed by atoms with Crippen LogP contribution >= 0.6 is 0 Å². The minimum absolute atomic E-state index is 0.101. The van der Waals surface area contributed by atoms with Gasteiger partial charge < -0.3 is 15.8 Å². The van der Waals surface area contributed by atoms with E-state index in [0.29, 0.717) is 19.1 Å². The first kappa shape index (κ1) is 16.4. The van der Waals surface area contributed by atoms with Gasteiger partial charge in [-0.1, -0.05) is 13.8 Å². The van der Waals surface area contributed by atoms with Crippen LogP contribution in [0.3, 0.4) is 0 Å². The number of carbonyl (C=O) groups excluding carboxylic acids is 1. The lowest BCUT2D eigenvalue weighted by Crippen LogP contribution is -2.27. The Kier molecular flexibility index (Phi) is 6.38. The number of ether oxygens (including phenoxy) is 1. The van der Waals surface area contributed by atoms with Gasteiger partial charge in [-0.25, -0.2) is 8.78 Å². The highest BCUT2D eigenvalue weighted by atomic mass is 19.1. The molecule has 20 heavy (non-hydrogen) atoms. The highest BCUT2D eigenvalue weighted by Crippen LogP contribution is 2.17. The highest BCUT2D eigenvalue weighted by Gasteiger charge is 2.12.